The number of hydrogen-bond acceptors (Lipinski definition) is 5. The molecule has 0 unspecified atom stereocenters. The molecule has 19 heavy (non-hydrogen) atoms. The Labute approximate surface area is 113 Å². The number of nitrogens with zero attached hydrogens (tertiary/aromatic N) is 2. The maximum Gasteiger partial charge on any atom is 0.246 e. The van der Waals surface area contributed by atoms with Crippen molar-refractivity contribution in [3.63, 3.8) is 0 Å². The van der Waals surface area contributed by atoms with Crippen molar-refractivity contribution in [2.24, 2.45) is 0 Å². The summed E-state index contributed by atoms with van der Waals surface area (Å²) in [6, 6.07) is 4.66. The number of likely N-dealkylation sites (N-methyl/N-ethyl adjacent to an activating group) is 1. The van der Waals surface area contributed by atoms with Crippen LogP contribution in [0.2, 0.25) is 0 Å². The maximum atomic E-state index is 12.6. The van der Waals surface area contributed by atoms with E-state index in [1.54, 1.807) is 12.1 Å². The van der Waals surface area contributed by atoms with Crippen molar-refractivity contribution in [3.05, 3.63) is 18.2 Å². The molecule has 0 spiro atoms. The van der Waals surface area contributed by atoms with Crippen LogP contribution in [0.1, 0.15) is 0 Å². The maximum absolute atomic E-state index is 12.6. The SMILES string of the molecule is COc1ccc(N)cc1S(=O)(=O)N1CCN(C)CC1. The summed E-state index contributed by atoms with van der Waals surface area (Å²) in [5, 5.41) is 0. The monoisotopic (exact) mass is 285 g/mol. The second-order valence-corrected chi connectivity index (χ2v) is 6.52. The molecule has 7 heteroatoms. The molecule has 6 nitrogen and oxygen atoms in total. The highest BCUT2D eigenvalue weighted by Gasteiger charge is 2.30. The van der Waals surface area contributed by atoms with Crippen molar-refractivity contribution in [2.75, 3.05) is 46.1 Å². The zero-order valence-corrected chi connectivity index (χ0v) is 12.0. The fourth-order valence-electron chi connectivity index (χ4n) is 2.06. The van der Waals surface area contributed by atoms with E-state index in [-0.39, 0.29) is 4.90 Å². The van der Waals surface area contributed by atoms with E-state index in [4.69, 9.17) is 10.5 Å². The Bertz CT molecular complexity index is 551. The first kappa shape index (κ1) is 14.1. The van der Waals surface area contributed by atoms with Gasteiger partial charge in [-0.3, -0.25) is 0 Å². The quantitative estimate of drug-likeness (QED) is 0.804. The van der Waals surface area contributed by atoms with Crippen LogP contribution in [0.5, 0.6) is 5.75 Å². The number of ether oxygens (including phenoxy) is 1. The van der Waals surface area contributed by atoms with E-state index >= 15 is 0 Å². The molecule has 1 fully saturated rings. The van der Waals surface area contributed by atoms with Gasteiger partial charge in [-0.15, -0.1) is 0 Å². The molecule has 106 valence electrons. The first-order valence-electron chi connectivity index (χ1n) is 6.07. The topological polar surface area (TPSA) is 75.9 Å². The largest absolute Gasteiger partial charge is 0.495 e. The number of methoxy groups -OCH3 is 1. The van der Waals surface area contributed by atoms with Crippen LogP contribution >= 0.6 is 0 Å². The lowest BCUT2D eigenvalue weighted by molar-refractivity contribution is 0.222. The summed E-state index contributed by atoms with van der Waals surface area (Å²) in [6.07, 6.45) is 0. The lowest BCUT2D eigenvalue weighted by Gasteiger charge is -2.31. The molecule has 0 saturated carbocycles. The van der Waals surface area contributed by atoms with Gasteiger partial charge < -0.3 is 15.4 Å². The van der Waals surface area contributed by atoms with Crippen LogP contribution in [0.25, 0.3) is 0 Å². The molecule has 2 N–H and O–H groups in total. The molecule has 1 aromatic carbocycles. The number of nitrogen functional groups attached to an aromatic ring is 1. The van der Waals surface area contributed by atoms with Crippen LogP contribution in [0.3, 0.4) is 0 Å². The Morgan fingerprint density at radius 1 is 1.21 bits per heavy atom. The van der Waals surface area contributed by atoms with E-state index in [1.165, 1.54) is 17.5 Å². The Hall–Kier alpha value is -1.31. The highest BCUT2D eigenvalue weighted by Crippen LogP contribution is 2.29. The van der Waals surface area contributed by atoms with Crippen molar-refractivity contribution < 1.29 is 13.2 Å². The summed E-state index contributed by atoms with van der Waals surface area (Å²) < 4.78 is 31.8. The number of nitrogens with two attached hydrogens (primary N) is 1. The number of sulfonamides is 1. The molecular weight excluding hydrogens is 266 g/mol. The third-order valence-electron chi connectivity index (χ3n) is 3.27. The summed E-state index contributed by atoms with van der Waals surface area (Å²) in [5.41, 5.74) is 6.09. The zero-order chi connectivity index (χ0) is 14.0. The van der Waals surface area contributed by atoms with Gasteiger partial charge in [0.1, 0.15) is 10.6 Å². The summed E-state index contributed by atoms with van der Waals surface area (Å²) in [7, 11) is -0.119. The first-order chi connectivity index (χ1) is 8.95. The van der Waals surface area contributed by atoms with Crippen LogP contribution in [-0.4, -0.2) is 58.0 Å². The number of benzene rings is 1. The van der Waals surface area contributed by atoms with Crippen LogP contribution in [0.15, 0.2) is 23.1 Å². The van der Waals surface area contributed by atoms with Gasteiger partial charge in [-0.1, -0.05) is 0 Å². The number of rotatable bonds is 3. The van der Waals surface area contributed by atoms with Gasteiger partial charge in [0.2, 0.25) is 10.0 Å². The lowest BCUT2D eigenvalue weighted by atomic mass is 10.3. The third-order valence-corrected chi connectivity index (χ3v) is 5.19. The second-order valence-electron chi connectivity index (χ2n) is 4.62. The van der Waals surface area contributed by atoms with Gasteiger partial charge in [0.25, 0.3) is 0 Å². The normalized spacial score (nSPS) is 18.4. The molecule has 0 amide bonds. The zero-order valence-electron chi connectivity index (χ0n) is 11.2. The van der Waals surface area contributed by atoms with E-state index in [0.29, 0.717) is 24.5 Å². The minimum Gasteiger partial charge on any atom is -0.495 e. The molecular formula is C12H19N3O3S. The second kappa shape index (κ2) is 5.36. The van der Waals surface area contributed by atoms with Gasteiger partial charge in [-0.05, 0) is 25.2 Å². The highest BCUT2D eigenvalue weighted by molar-refractivity contribution is 7.89. The number of anilines is 1. The molecule has 1 heterocycles. The van der Waals surface area contributed by atoms with Crippen molar-refractivity contribution in [1.29, 1.82) is 0 Å². The lowest BCUT2D eigenvalue weighted by Crippen LogP contribution is -2.47. The van der Waals surface area contributed by atoms with E-state index in [0.717, 1.165) is 13.1 Å². The highest BCUT2D eigenvalue weighted by atomic mass is 32.2. The standard InChI is InChI=1S/C12H19N3O3S/c1-14-5-7-15(8-6-14)19(16,17)12-9-10(13)3-4-11(12)18-2/h3-4,9H,5-8,13H2,1-2H3. The Morgan fingerprint density at radius 3 is 2.42 bits per heavy atom. The molecule has 0 aliphatic carbocycles. The van der Waals surface area contributed by atoms with Crippen LogP contribution < -0.4 is 10.5 Å². The van der Waals surface area contributed by atoms with E-state index < -0.39 is 10.0 Å². The number of piperazine rings is 1. The smallest absolute Gasteiger partial charge is 0.246 e. The van der Waals surface area contributed by atoms with Gasteiger partial charge in [0.15, 0.2) is 0 Å². The Kier molecular flexibility index (Phi) is 3.98. The molecule has 0 aromatic heterocycles. The molecule has 0 bridgehead atoms. The van der Waals surface area contributed by atoms with Crippen molar-refractivity contribution in [2.45, 2.75) is 4.90 Å². The van der Waals surface area contributed by atoms with Gasteiger partial charge in [0, 0.05) is 31.9 Å². The van der Waals surface area contributed by atoms with Gasteiger partial charge >= 0.3 is 0 Å². The van der Waals surface area contributed by atoms with Crippen molar-refractivity contribution in [1.82, 2.24) is 9.21 Å². The first-order valence-corrected chi connectivity index (χ1v) is 7.51. The van der Waals surface area contributed by atoms with Crippen molar-refractivity contribution >= 4 is 15.7 Å². The average Bonchev–Trinajstić information content (AvgIpc) is 2.39. The van der Waals surface area contributed by atoms with E-state index in [2.05, 4.69) is 4.90 Å². The molecule has 1 saturated heterocycles. The molecule has 1 aliphatic rings. The molecule has 0 radical (unpaired) electrons. The molecule has 2 rings (SSSR count). The molecule has 1 aromatic rings. The van der Waals surface area contributed by atoms with Crippen LogP contribution in [-0.2, 0) is 10.0 Å². The summed E-state index contributed by atoms with van der Waals surface area (Å²) in [5.74, 6) is 0.327. The minimum atomic E-state index is -3.55. The summed E-state index contributed by atoms with van der Waals surface area (Å²) in [4.78, 5) is 2.24. The van der Waals surface area contributed by atoms with Crippen LogP contribution in [0.4, 0.5) is 5.69 Å². The predicted octanol–water partition coefficient (Wildman–Crippen LogP) is 0.214. The summed E-state index contributed by atoms with van der Waals surface area (Å²) >= 11 is 0. The molecule has 0 atom stereocenters. The Morgan fingerprint density at radius 2 is 1.84 bits per heavy atom. The number of hydrogen-bond donors (Lipinski definition) is 1. The van der Waals surface area contributed by atoms with E-state index in [9.17, 15) is 8.42 Å². The third kappa shape index (κ3) is 2.83. The molecule has 1 aliphatic heterocycles. The van der Waals surface area contributed by atoms with Gasteiger partial charge in [-0.2, -0.15) is 4.31 Å². The average molecular weight is 285 g/mol. The fourth-order valence-corrected chi connectivity index (χ4v) is 3.68. The fraction of sp³-hybridized carbons (Fsp3) is 0.500. The predicted molar refractivity (Wildman–Crippen MR) is 73.7 cm³/mol. The van der Waals surface area contributed by atoms with Gasteiger partial charge in [0.05, 0.1) is 7.11 Å². The van der Waals surface area contributed by atoms with E-state index in [1.807, 2.05) is 7.05 Å². The Balaban J connectivity index is 2.36. The summed E-state index contributed by atoms with van der Waals surface area (Å²) in [6.45, 7) is 2.42. The minimum absolute atomic E-state index is 0.138. The van der Waals surface area contributed by atoms with Gasteiger partial charge in [-0.25, -0.2) is 8.42 Å². The van der Waals surface area contributed by atoms with Crippen LogP contribution in [0, 0.1) is 0 Å². The van der Waals surface area contributed by atoms with Crippen molar-refractivity contribution in [3.8, 4) is 5.75 Å².